The highest BCUT2D eigenvalue weighted by Crippen LogP contribution is 2.27. The first-order valence-corrected chi connectivity index (χ1v) is 7.39. The fraction of sp³-hybridized carbons (Fsp3) is 0.600. The quantitative estimate of drug-likeness (QED) is 0.807. The number of nitrogens with zero attached hydrogens (tertiary/aromatic N) is 1. The molecular formula is C15H20F2N2O3. The van der Waals surface area contributed by atoms with Gasteiger partial charge in [0.1, 0.15) is 0 Å². The summed E-state index contributed by atoms with van der Waals surface area (Å²) in [7, 11) is 0. The molecule has 0 radical (unpaired) electrons. The van der Waals surface area contributed by atoms with Gasteiger partial charge in [-0.25, -0.2) is 13.8 Å². The van der Waals surface area contributed by atoms with Crippen molar-refractivity contribution in [3.63, 3.8) is 0 Å². The maximum absolute atomic E-state index is 12.1. The lowest BCUT2D eigenvalue weighted by atomic mass is 10.0. The molecule has 0 saturated heterocycles. The molecule has 1 amide bonds. The van der Waals surface area contributed by atoms with Gasteiger partial charge >= 0.3 is 0 Å². The second kappa shape index (κ2) is 8.03. The molecule has 0 bridgehead atoms. The second-order valence-electron chi connectivity index (χ2n) is 5.41. The minimum absolute atomic E-state index is 0.0238. The number of pyridine rings is 1. The zero-order valence-electron chi connectivity index (χ0n) is 12.2. The summed E-state index contributed by atoms with van der Waals surface area (Å²) in [5.74, 6) is -0.173. The molecular weight excluding hydrogens is 294 g/mol. The van der Waals surface area contributed by atoms with Crippen LogP contribution >= 0.6 is 0 Å². The van der Waals surface area contributed by atoms with E-state index in [-0.39, 0.29) is 29.8 Å². The topological polar surface area (TPSA) is 71.5 Å². The van der Waals surface area contributed by atoms with Gasteiger partial charge < -0.3 is 15.2 Å². The van der Waals surface area contributed by atoms with Crippen LogP contribution in [0.1, 0.15) is 36.0 Å². The van der Waals surface area contributed by atoms with E-state index in [0.717, 1.165) is 25.7 Å². The van der Waals surface area contributed by atoms with Crippen molar-refractivity contribution in [2.75, 3.05) is 13.2 Å². The smallest absolute Gasteiger partial charge is 0.272 e. The van der Waals surface area contributed by atoms with Gasteiger partial charge in [0, 0.05) is 24.4 Å². The minimum atomic E-state index is -2.60. The number of rotatable bonds is 7. The van der Waals surface area contributed by atoms with Crippen molar-refractivity contribution in [1.82, 2.24) is 10.3 Å². The first-order valence-electron chi connectivity index (χ1n) is 7.39. The van der Waals surface area contributed by atoms with Crippen LogP contribution in [0.2, 0.25) is 0 Å². The molecule has 1 heterocycles. The van der Waals surface area contributed by atoms with Crippen LogP contribution in [0.4, 0.5) is 8.78 Å². The molecule has 0 aromatic carbocycles. The lowest BCUT2D eigenvalue weighted by Gasteiger charge is -2.18. The molecule has 1 aromatic rings. The summed E-state index contributed by atoms with van der Waals surface area (Å²) in [6.07, 6.45) is 2.37. The summed E-state index contributed by atoms with van der Waals surface area (Å²) >= 11 is 0. The average molecular weight is 314 g/mol. The van der Waals surface area contributed by atoms with E-state index in [1.54, 1.807) is 0 Å². The number of aliphatic hydroxyl groups is 1. The summed E-state index contributed by atoms with van der Waals surface area (Å²) < 4.78 is 28.9. The molecule has 5 nitrogen and oxygen atoms in total. The Bertz CT molecular complexity index is 493. The second-order valence-corrected chi connectivity index (χ2v) is 5.41. The third-order valence-electron chi connectivity index (χ3n) is 3.77. The largest absolute Gasteiger partial charge is 0.472 e. The number of hydrogen-bond donors (Lipinski definition) is 2. The average Bonchev–Trinajstić information content (AvgIpc) is 3.05. The van der Waals surface area contributed by atoms with Crippen LogP contribution in [0.5, 0.6) is 5.88 Å². The highest BCUT2D eigenvalue weighted by atomic mass is 19.3. The van der Waals surface area contributed by atoms with Gasteiger partial charge in [0.15, 0.2) is 6.61 Å². The molecule has 0 aliphatic heterocycles. The first kappa shape index (κ1) is 16.6. The van der Waals surface area contributed by atoms with Crippen LogP contribution in [-0.2, 0) is 0 Å². The molecule has 2 rings (SSSR count). The number of hydrogen-bond acceptors (Lipinski definition) is 4. The molecule has 1 saturated carbocycles. The Morgan fingerprint density at radius 1 is 1.45 bits per heavy atom. The molecule has 2 N–H and O–H groups in total. The van der Waals surface area contributed by atoms with Gasteiger partial charge in [-0.05, 0) is 24.8 Å². The molecule has 1 unspecified atom stereocenters. The number of alkyl halides is 2. The Kier molecular flexibility index (Phi) is 6.06. The predicted octanol–water partition coefficient (Wildman–Crippen LogP) is 2.01. The van der Waals surface area contributed by atoms with E-state index < -0.39 is 19.1 Å². The number of aliphatic hydroxyl groups excluding tert-OH is 1. The predicted molar refractivity (Wildman–Crippen MR) is 76.0 cm³/mol. The van der Waals surface area contributed by atoms with E-state index >= 15 is 0 Å². The number of ether oxygens (including phenoxy) is 1. The number of nitrogens with one attached hydrogen (secondary N) is 1. The van der Waals surface area contributed by atoms with Crippen molar-refractivity contribution < 1.29 is 23.4 Å². The normalized spacial score (nSPS) is 16.7. The van der Waals surface area contributed by atoms with Crippen molar-refractivity contribution in [1.29, 1.82) is 0 Å². The summed E-state index contributed by atoms with van der Waals surface area (Å²) in [6.45, 7) is -0.586. The lowest BCUT2D eigenvalue weighted by Crippen LogP contribution is -2.35. The molecule has 1 aromatic heterocycles. The van der Waals surface area contributed by atoms with E-state index in [0.29, 0.717) is 0 Å². The van der Waals surface area contributed by atoms with E-state index in [4.69, 9.17) is 4.74 Å². The summed E-state index contributed by atoms with van der Waals surface area (Å²) in [6, 6.07) is 2.77. The standard InChI is InChI=1S/C15H20F2N2O3/c16-13(17)9-22-14-7-11(5-6-18-14)15(21)19-8-12(20)10-3-1-2-4-10/h5-7,10,12-13,20H,1-4,8-9H2,(H,19,21). The van der Waals surface area contributed by atoms with Gasteiger partial charge in [-0.1, -0.05) is 12.8 Å². The fourth-order valence-corrected chi connectivity index (χ4v) is 2.59. The monoisotopic (exact) mass is 314 g/mol. The Labute approximate surface area is 127 Å². The van der Waals surface area contributed by atoms with Crippen molar-refractivity contribution >= 4 is 5.91 Å². The SMILES string of the molecule is O=C(NCC(O)C1CCCC1)c1ccnc(OCC(F)F)c1. The van der Waals surface area contributed by atoms with Crippen molar-refractivity contribution in [3.05, 3.63) is 23.9 Å². The van der Waals surface area contributed by atoms with Crippen molar-refractivity contribution in [3.8, 4) is 5.88 Å². The molecule has 122 valence electrons. The molecule has 1 aliphatic rings. The van der Waals surface area contributed by atoms with E-state index in [2.05, 4.69) is 10.3 Å². The number of carbonyl (C=O) groups excluding carboxylic acids is 1. The highest BCUT2D eigenvalue weighted by Gasteiger charge is 2.23. The van der Waals surface area contributed by atoms with Gasteiger partial charge in [-0.3, -0.25) is 4.79 Å². The van der Waals surface area contributed by atoms with Crippen LogP contribution in [0.3, 0.4) is 0 Å². The van der Waals surface area contributed by atoms with Gasteiger partial charge in [0.25, 0.3) is 12.3 Å². The van der Waals surface area contributed by atoms with E-state index in [1.807, 2.05) is 0 Å². The maximum Gasteiger partial charge on any atom is 0.272 e. The van der Waals surface area contributed by atoms with Crippen molar-refractivity contribution in [2.24, 2.45) is 5.92 Å². The molecule has 7 heteroatoms. The van der Waals surface area contributed by atoms with Gasteiger partial charge in [-0.2, -0.15) is 0 Å². The molecule has 22 heavy (non-hydrogen) atoms. The van der Waals surface area contributed by atoms with E-state index in [1.165, 1.54) is 18.3 Å². The van der Waals surface area contributed by atoms with Crippen LogP contribution in [-0.4, -0.2) is 41.7 Å². The number of carbonyl (C=O) groups is 1. The Hall–Kier alpha value is -1.76. The zero-order chi connectivity index (χ0) is 15.9. The summed E-state index contributed by atoms with van der Waals surface area (Å²) in [4.78, 5) is 15.8. The van der Waals surface area contributed by atoms with Gasteiger partial charge in [0.05, 0.1) is 6.10 Å². The molecule has 1 aliphatic carbocycles. The minimum Gasteiger partial charge on any atom is -0.472 e. The maximum atomic E-state index is 12.1. The van der Waals surface area contributed by atoms with Crippen molar-refractivity contribution in [2.45, 2.75) is 38.2 Å². The molecule has 0 spiro atoms. The van der Waals surface area contributed by atoms with E-state index in [9.17, 15) is 18.7 Å². The van der Waals surface area contributed by atoms with Crippen LogP contribution in [0, 0.1) is 5.92 Å². The fourth-order valence-electron chi connectivity index (χ4n) is 2.59. The zero-order valence-corrected chi connectivity index (χ0v) is 12.2. The Balaban J connectivity index is 1.84. The van der Waals surface area contributed by atoms with Crippen LogP contribution in [0.25, 0.3) is 0 Å². The lowest BCUT2D eigenvalue weighted by molar-refractivity contribution is 0.0792. The Morgan fingerprint density at radius 2 is 2.18 bits per heavy atom. The van der Waals surface area contributed by atoms with Crippen LogP contribution in [0.15, 0.2) is 18.3 Å². The highest BCUT2D eigenvalue weighted by molar-refractivity contribution is 5.94. The first-order chi connectivity index (χ1) is 10.6. The number of aromatic nitrogens is 1. The number of amides is 1. The Morgan fingerprint density at radius 3 is 2.86 bits per heavy atom. The molecule has 1 atom stereocenters. The number of halogens is 2. The third-order valence-corrected chi connectivity index (χ3v) is 3.77. The van der Waals surface area contributed by atoms with Gasteiger partial charge in [0.2, 0.25) is 5.88 Å². The van der Waals surface area contributed by atoms with Gasteiger partial charge in [-0.15, -0.1) is 0 Å². The summed E-state index contributed by atoms with van der Waals surface area (Å²) in [5.41, 5.74) is 0.262. The molecule has 1 fully saturated rings. The van der Waals surface area contributed by atoms with Crippen LogP contribution < -0.4 is 10.1 Å². The summed E-state index contributed by atoms with van der Waals surface area (Å²) in [5, 5.41) is 12.7. The third kappa shape index (κ3) is 4.91.